The Balaban J connectivity index is 1.71. The number of hydrogen-bond acceptors (Lipinski definition) is 3. The summed E-state index contributed by atoms with van der Waals surface area (Å²) in [5.74, 6) is 1.81. The maximum absolute atomic E-state index is 11.7. The Labute approximate surface area is 145 Å². The van der Waals surface area contributed by atoms with E-state index in [2.05, 4.69) is 62.0 Å². The highest BCUT2D eigenvalue weighted by molar-refractivity contribution is 5.67. The number of piperidine rings is 2. The van der Waals surface area contributed by atoms with Crippen LogP contribution in [0.1, 0.15) is 38.7 Å². The summed E-state index contributed by atoms with van der Waals surface area (Å²) in [6, 6.07) is 10.4. The third-order valence-corrected chi connectivity index (χ3v) is 8.41. The number of hydrogen-bond donors (Lipinski definition) is 1. The summed E-state index contributed by atoms with van der Waals surface area (Å²) in [7, 11) is 4.57. The van der Waals surface area contributed by atoms with E-state index in [1.54, 1.807) is 0 Å². The van der Waals surface area contributed by atoms with E-state index in [9.17, 15) is 5.11 Å². The van der Waals surface area contributed by atoms with Crippen molar-refractivity contribution in [2.24, 2.45) is 17.8 Å². The van der Waals surface area contributed by atoms with Crippen LogP contribution >= 0.6 is 0 Å². The number of nitrogens with zero attached hydrogens (tertiary/aromatic N) is 2. The molecule has 1 aliphatic carbocycles. The van der Waals surface area contributed by atoms with Gasteiger partial charge in [0, 0.05) is 36.2 Å². The number of fused-ring (bicyclic) bond motifs is 3. The quantitative estimate of drug-likeness (QED) is 0.905. The fourth-order valence-electron chi connectivity index (χ4n) is 7.20. The fourth-order valence-corrected chi connectivity index (χ4v) is 7.20. The summed E-state index contributed by atoms with van der Waals surface area (Å²) in [5, 5.41) is 11.7. The van der Waals surface area contributed by atoms with Gasteiger partial charge in [0.15, 0.2) is 0 Å². The largest absolute Gasteiger partial charge is 0.392 e. The van der Waals surface area contributed by atoms with Crippen LogP contribution in [-0.2, 0) is 5.41 Å². The summed E-state index contributed by atoms with van der Waals surface area (Å²) in [6.45, 7) is 4.71. The van der Waals surface area contributed by atoms with Gasteiger partial charge in [-0.25, -0.2) is 0 Å². The van der Waals surface area contributed by atoms with E-state index < -0.39 is 0 Å². The van der Waals surface area contributed by atoms with E-state index in [-0.39, 0.29) is 11.5 Å². The summed E-state index contributed by atoms with van der Waals surface area (Å²) in [6.07, 6.45) is 3.40. The SMILES string of the molecule is CC[C@H](C)[C@@H]1C[C@H]2[C@@H]3N(C)c4ccccc4[C@]34C[C@@H]([C@H]1[C@H]4O)N2C. The maximum atomic E-state index is 11.7. The maximum Gasteiger partial charge on any atom is 0.0704 e. The van der Waals surface area contributed by atoms with Gasteiger partial charge in [-0.2, -0.15) is 0 Å². The number of benzene rings is 1. The lowest BCUT2D eigenvalue weighted by Crippen LogP contribution is -2.64. The zero-order valence-electron chi connectivity index (χ0n) is 15.3. The van der Waals surface area contributed by atoms with Crippen molar-refractivity contribution < 1.29 is 5.11 Å². The molecule has 3 bridgehead atoms. The zero-order chi connectivity index (χ0) is 16.8. The van der Waals surface area contributed by atoms with E-state index in [4.69, 9.17) is 0 Å². The molecule has 2 saturated heterocycles. The molecule has 5 rings (SSSR count). The smallest absolute Gasteiger partial charge is 0.0704 e. The Morgan fingerprint density at radius 2 is 2.00 bits per heavy atom. The molecule has 0 unspecified atom stereocenters. The molecule has 3 heteroatoms. The first-order chi connectivity index (χ1) is 11.5. The lowest BCUT2D eigenvalue weighted by atomic mass is 9.67. The minimum absolute atomic E-state index is 0.0416. The van der Waals surface area contributed by atoms with Crippen molar-refractivity contribution in [3.63, 3.8) is 0 Å². The molecule has 1 aromatic rings. The molecule has 24 heavy (non-hydrogen) atoms. The van der Waals surface area contributed by atoms with E-state index in [1.165, 1.54) is 24.1 Å². The molecular formula is C21H30N2O. The molecule has 0 amide bonds. The Morgan fingerprint density at radius 1 is 1.25 bits per heavy atom. The van der Waals surface area contributed by atoms with Gasteiger partial charge in [0.25, 0.3) is 0 Å². The fraction of sp³-hybridized carbons (Fsp3) is 0.714. The lowest BCUT2D eigenvalue weighted by Gasteiger charge is -2.53. The minimum atomic E-state index is -0.201. The summed E-state index contributed by atoms with van der Waals surface area (Å²) < 4.78 is 0. The minimum Gasteiger partial charge on any atom is -0.392 e. The van der Waals surface area contributed by atoms with E-state index in [0.717, 1.165) is 6.42 Å². The standard InChI is InChI=1S/C21H30N2O/c1-5-12(2)13-10-16-19-21(11-17(22(16)3)18(13)20(21)24)14-8-6-7-9-15(14)23(19)4/h6-9,12-13,16-20,24H,5,10-11H2,1-4H3/t12-,13-,16-,17-,18-,19-,20+,21+/m0/s1. The first-order valence-electron chi connectivity index (χ1n) is 9.74. The molecule has 1 spiro atoms. The first-order valence-corrected chi connectivity index (χ1v) is 9.74. The molecule has 0 radical (unpaired) electrons. The van der Waals surface area contributed by atoms with Gasteiger partial charge in [0.2, 0.25) is 0 Å². The molecule has 1 aromatic carbocycles. The molecule has 4 aliphatic rings. The van der Waals surface area contributed by atoms with Crippen molar-refractivity contribution >= 4 is 5.69 Å². The lowest BCUT2D eigenvalue weighted by molar-refractivity contribution is -0.0187. The monoisotopic (exact) mass is 326 g/mol. The Morgan fingerprint density at radius 3 is 2.75 bits per heavy atom. The molecular weight excluding hydrogens is 296 g/mol. The van der Waals surface area contributed by atoms with E-state index in [1.807, 2.05) is 0 Å². The Kier molecular flexibility index (Phi) is 3.02. The Hall–Kier alpha value is -1.06. The van der Waals surface area contributed by atoms with E-state index >= 15 is 0 Å². The van der Waals surface area contributed by atoms with Crippen molar-refractivity contribution in [1.29, 1.82) is 0 Å². The summed E-state index contributed by atoms with van der Waals surface area (Å²) in [5.41, 5.74) is 2.73. The Bertz CT molecular complexity index is 676. The van der Waals surface area contributed by atoms with Gasteiger partial charge >= 0.3 is 0 Å². The van der Waals surface area contributed by atoms with Crippen LogP contribution in [0.25, 0.3) is 0 Å². The normalized spacial score (nSPS) is 47.0. The second-order valence-corrected chi connectivity index (χ2v) is 8.92. The highest BCUT2D eigenvalue weighted by Crippen LogP contribution is 2.65. The zero-order valence-corrected chi connectivity index (χ0v) is 15.3. The predicted molar refractivity (Wildman–Crippen MR) is 97.3 cm³/mol. The van der Waals surface area contributed by atoms with Gasteiger partial charge in [-0.1, -0.05) is 38.5 Å². The highest BCUT2D eigenvalue weighted by atomic mass is 16.3. The number of aliphatic hydroxyl groups is 1. The molecule has 3 fully saturated rings. The van der Waals surface area contributed by atoms with Crippen molar-refractivity contribution in [3.8, 4) is 0 Å². The van der Waals surface area contributed by atoms with Crippen molar-refractivity contribution in [3.05, 3.63) is 29.8 Å². The average molecular weight is 326 g/mol. The predicted octanol–water partition coefficient (Wildman–Crippen LogP) is 2.87. The van der Waals surface area contributed by atoms with Crippen molar-refractivity contribution in [2.45, 2.75) is 62.8 Å². The van der Waals surface area contributed by atoms with Gasteiger partial charge in [0.1, 0.15) is 0 Å². The van der Waals surface area contributed by atoms with Gasteiger partial charge in [-0.15, -0.1) is 0 Å². The van der Waals surface area contributed by atoms with E-state index in [0.29, 0.717) is 35.9 Å². The molecule has 8 atom stereocenters. The number of rotatable bonds is 2. The number of para-hydroxylation sites is 1. The molecule has 0 aromatic heterocycles. The molecule has 3 heterocycles. The van der Waals surface area contributed by atoms with Crippen LogP contribution in [-0.4, -0.2) is 48.3 Å². The van der Waals surface area contributed by atoms with Crippen LogP contribution in [0.4, 0.5) is 5.69 Å². The van der Waals surface area contributed by atoms with Crippen LogP contribution in [0, 0.1) is 17.8 Å². The van der Waals surface area contributed by atoms with Crippen LogP contribution < -0.4 is 4.90 Å². The van der Waals surface area contributed by atoms with Gasteiger partial charge in [0.05, 0.1) is 12.1 Å². The number of anilines is 1. The van der Waals surface area contributed by atoms with Crippen molar-refractivity contribution in [2.75, 3.05) is 19.0 Å². The van der Waals surface area contributed by atoms with Gasteiger partial charge in [-0.05, 0) is 43.4 Å². The average Bonchev–Trinajstić information content (AvgIpc) is 2.96. The molecule has 3 nitrogen and oxygen atoms in total. The first kappa shape index (κ1) is 15.2. The van der Waals surface area contributed by atoms with Gasteiger partial charge in [-0.3, -0.25) is 4.90 Å². The van der Waals surface area contributed by atoms with Crippen LogP contribution in [0.15, 0.2) is 24.3 Å². The second kappa shape index (κ2) is 4.76. The topological polar surface area (TPSA) is 26.7 Å². The van der Waals surface area contributed by atoms with Crippen LogP contribution in [0.5, 0.6) is 0 Å². The third kappa shape index (κ3) is 1.48. The van der Waals surface area contributed by atoms with Crippen LogP contribution in [0.2, 0.25) is 0 Å². The number of likely N-dealkylation sites (N-methyl/N-ethyl adjacent to an activating group) is 2. The number of aliphatic hydroxyl groups excluding tert-OH is 1. The van der Waals surface area contributed by atoms with Gasteiger partial charge < -0.3 is 10.0 Å². The van der Waals surface area contributed by atoms with Crippen molar-refractivity contribution in [1.82, 2.24) is 4.90 Å². The molecule has 130 valence electrons. The summed E-state index contributed by atoms with van der Waals surface area (Å²) >= 11 is 0. The van der Waals surface area contributed by atoms with Crippen LogP contribution in [0.3, 0.4) is 0 Å². The third-order valence-electron chi connectivity index (χ3n) is 8.41. The molecule has 1 N–H and O–H groups in total. The highest BCUT2D eigenvalue weighted by Gasteiger charge is 2.72. The second-order valence-electron chi connectivity index (χ2n) is 8.92. The molecule has 3 aliphatic heterocycles. The molecule has 1 saturated carbocycles. The summed E-state index contributed by atoms with van der Waals surface area (Å²) in [4.78, 5) is 5.13.